The van der Waals surface area contributed by atoms with Crippen molar-refractivity contribution in [2.45, 2.75) is 76.5 Å². The predicted octanol–water partition coefficient (Wildman–Crippen LogP) is 5.70. The minimum Gasteiger partial charge on any atom is -0.481 e. The molecule has 0 radical (unpaired) electrons. The molecule has 0 heterocycles. The van der Waals surface area contributed by atoms with E-state index in [2.05, 4.69) is 6.92 Å². The highest BCUT2D eigenvalue weighted by Crippen LogP contribution is 2.46. The van der Waals surface area contributed by atoms with Gasteiger partial charge in [-0.2, -0.15) is 0 Å². The maximum absolute atomic E-state index is 14.4. The van der Waals surface area contributed by atoms with Crippen LogP contribution >= 0.6 is 0 Å². The van der Waals surface area contributed by atoms with Crippen molar-refractivity contribution in [2.75, 3.05) is 0 Å². The molecule has 0 amide bonds. The standard InChI is InChI=1S/C20H29FO2/c1-2-3-4-5-8-13-20(17-9-6-7-10-18(17)21)14-11-16(12-15-20)19(22)23/h6-7,9-10,16H,2-5,8,11-15H2,1H3,(H,22,23). The van der Waals surface area contributed by atoms with Crippen molar-refractivity contribution in [3.8, 4) is 0 Å². The second-order valence-corrected chi connectivity index (χ2v) is 7.04. The van der Waals surface area contributed by atoms with E-state index in [0.717, 1.165) is 31.2 Å². The summed E-state index contributed by atoms with van der Waals surface area (Å²) in [5, 5.41) is 9.23. The molecule has 1 saturated carbocycles. The van der Waals surface area contributed by atoms with E-state index >= 15 is 0 Å². The molecule has 0 aromatic heterocycles. The monoisotopic (exact) mass is 320 g/mol. The van der Waals surface area contributed by atoms with Crippen LogP contribution in [0.5, 0.6) is 0 Å². The Hall–Kier alpha value is -1.38. The molecule has 2 rings (SSSR count). The first-order valence-electron chi connectivity index (χ1n) is 9.07. The molecular formula is C20H29FO2. The number of benzene rings is 1. The summed E-state index contributed by atoms with van der Waals surface area (Å²) in [6.07, 6.45) is 9.89. The van der Waals surface area contributed by atoms with E-state index in [9.17, 15) is 14.3 Å². The summed E-state index contributed by atoms with van der Waals surface area (Å²) in [7, 11) is 0. The molecule has 0 bridgehead atoms. The second kappa shape index (κ2) is 8.47. The van der Waals surface area contributed by atoms with Gasteiger partial charge >= 0.3 is 5.97 Å². The molecule has 1 N–H and O–H groups in total. The third-order valence-corrected chi connectivity index (χ3v) is 5.50. The van der Waals surface area contributed by atoms with E-state index in [4.69, 9.17) is 0 Å². The quantitative estimate of drug-likeness (QED) is 0.624. The lowest BCUT2D eigenvalue weighted by atomic mass is 9.64. The van der Waals surface area contributed by atoms with Gasteiger partial charge in [-0.1, -0.05) is 57.2 Å². The van der Waals surface area contributed by atoms with Crippen LogP contribution in [0.1, 0.15) is 76.7 Å². The van der Waals surface area contributed by atoms with Gasteiger partial charge in [-0.25, -0.2) is 4.39 Å². The normalized spacial score (nSPS) is 24.5. The van der Waals surface area contributed by atoms with Crippen LogP contribution < -0.4 is 0 Å². The summed E-state index contributed by atoms with van der Waals surface area (Å²) >= 11 is 0. The number of hydrogen-bond donors (Lipinski definition) is 1. The molecule has 1 aromatic rings. The third-order valence-electron chi connectivity index (χ3n) is 5.50. The molecule has 128 valence electrons. The van der Waals surface area contributed by atoms with Crippen LogP contribution in [0.4, 0.5) is 4.39 Å². The summed E-state index contributed by atoms with van der Waals surface area (Å²) in [4.78, 5) is 11.2. The first-order chi connectivity index (χ1) is 11.1. The summed E-state index contributed by atoms with van der Waals surface area (Å²) in [6.45, 7) is 2.20. The number of unbranched alkanes of at least 4 members (excludes halogenated alkanes) is 4. The largest absolute Gasteiger partial charge is 0.481 e. The Balaban J connectivity index is 2.09. The number of carboxylic acids is 1. The molecule has 0 unspecified atom stereocenters. The Kier molecular flexibility index (Phi) is 6.61. The fraction of sp³-hybridized carbons (Fsp3) is 0.650. The van der Waals surface area contributed by atoms with Crippen molar-refractivity contribution in [2.24, 2.45) is 5.92 Å². The lowest BCUT2D eigenvalue weighted by molar-refractivity contribution is -0.143. The zero-order valence-electron chi connectivity index (χ0n) is 14.2. The predicted molar refractivity (Wildman–Crippen MR) is 91.0 cm³/mol. The van der Waals surface area contributed by atoms with Gasteiger partial charge in [0.15, 0.2) is 0 Å². The van der Waals surface area contributed by atoms with Gasteiger partial charge in [0.05, 0.1) is 5.92 Å². The highest BCUT2D eigenvalue weighted by atomic mass is 19.1. The van der Waals surface area contributed by atoms with Crippen LogP contribution in [0.15, 0.2) is 24.3 Å². The van der Waals surface area contributed by atoms with Crippen molar-refractivity contribution in [1.82, 2.24) is 0 Å². The van der Waals surface area contributed by atoms with Gasteiger partial charge in [-0.05, 0) is 49.1 Å². The Morgan fingerprint density at radius 2 is 1.83 bits per heavy atom. The second-order valence-electron chi connectivity index (χ2n) is 7.04. The molecule has 0 spiro atoms. The Bertz CT molecular complexity index is 504. The number of hydrogen-bond acceptors (Lipinski definition) is 1. The minimum absolute atomic E-state index is 0.130. The lowest BCUT2D eigenvalue weighted by Gasteiger charge is -2.40. The highest BCUT2D eigenvalue weighted by Gasteiger charge is 2.39. The molecule has 23 heavy (non-hydrogen) atoms. The van der Waals surface area contributed by atoms with Crippen LogP contribution in [0.2, 0.25) is 0 Å². The summed E-state index contributed by atoms with van der Waals surface area (Å²) in [5.74, 6) is -1.08. The molecule has 1 aliphatic rings. The molecule has 0 saturated heterocycles. The van der Waals surface area contributed by atoms with Crippen LogP contribution in [-0.2, 0) is 10.2 Å². The smallest absolute Gasteiger partial charge is 0.306 e. The lowest BCUT2D eigenvalue weighted by Crippen LogP contribution is -2.35. The van der Waals surface area contributed by atoms with Crippen molar-refractivity contribution < 1.29 is 14.3 Å². The number of rotatable bonds is 8. The fourth-order valence-corrected chi connectivity index (χ4v) is 4.03. The molecular weight excluding hydrogens is 291 g/mol. The van der Waals surface area contributed by atoms with Crippen LogP contribution in [0, 0.1) is 11.7 Å². The molecule has 0 aliphatic heterocycles. The van der Waals surface area contributed by atoms with Gasteiger partial charge in [0.25, 0.3) is 0 Å². The number of aliphatic carboxylic acids is 1. The fourth-order valence-electron chi connectivity index (χ4n) is 4.03. The van der Waals surface area contributed by atoms with Gasteiger partial charge in [0.1, 0.15) is 5.82 Å². The van der Waals surface area contributed by atoms with Crippen molar-refractivity contribution in [3.63, 3.8) is 0 Å². The van der Waals surface area contributed by atoms with Gasteiger partial charge < -0.3 is 5.11 Å². The van der Waals surface area contributed by atoms with Gasteiger partial charge in [-0.3, -0.25) is 4.79 Å². The Morgan fingerprint density at radius 3 is 2.43 bits per heavy atom. The van der Waals surface area contributed by atoms with Gasteiger partial charge in [-0.15, -0.1) is 0 Å². The van der Waals surface area contributed by atoms with E-state index < -0.39 is 5.97 Å². The molecule has 1 aromatic carbocycles. The zero-order chi connectivity index (χ0) is 16.7. The number of carbonyl (C=O) groups is 1. The van der Waals surface area contributed by atoms with Crippen LogP contribution in [0.3, 0.4) is 0 Å². The van der Waals surface area contributed by atoms with Crippen LogP contribution in [0.25, 0.3) is 0 Å². The average Bonchev–Trinajstić information content (AvgIpc) is 2.55. The minimum atomic E-state index is -0.699. The van der Waals surface area contributed by atoms with Crippen LogP contribution in [-0.4, -0.2) is 11.1 Å². The number of halogens is 1. The van der Waals surface area contributed by atoms with Gasteiger partial charge in [0, 0.05) is 0 Å². The van der Waals surface area contributed by atoms with Crippen molar-refractivity contribution >= 4 is 5.97 Å². The summed E-state index contributed by atoms with van der Waals surface area (Å²) < 4.78 is 14.4. The molecule has 2 nitrogen and oxygen atoms in total. The molecule has 1 aliphatic carbocycles. The molecule has 1 fully saturated rings. The number of carboxylic acid groups (broad SMARTS) is 1. The first kappa shape index (κ1) is 18.0. The first-order valence-corrected chi connectivity index (χ1v) is 9.07. The summed E-state index contributed by atoms with van der Waals surface area (Å²) in [5.41, 5.74) is 0.642. The topological polar surface area (TPSA) is 37.3 Å². The molecule has 3 heteroatoms. The summed E-state index contributed by atoms with van der Waals surface area (Å²) in [6, 6.07) is 7.08. The SMILES string of the molecule is CCCCCCCC1(c2ccccc2F)CCC(C(=O)O)CC1. The molecule has 0 atom stereocenters. The third kappa shape index (κ3) is 4.55. The van der Waals surface area contributed by atoms with E-state index in [1.807, 2.05) is 12.1 Å². The van der Waals surface area contributed by atoms with E-state index in [0.29, 0.717) is 12.8 Å². The maximum atomic E-state index is 14.4. The Morgan fingerprint density at radius 1 is 1.17 bits per heavy atom. The van der Waals surface area contributed by atoms with E-state index in [1.165, 1.54) is 31.7 Å². The van der Waals surface area contributed by atoms with Crippen molar-refractivity contribution in [1.29, 1.82) is 0 Å². The van der Waals surface area contributed by atoms with E-state index in [1.54, 1.807) is 6.07 Å². The van der Waals surface area contributed by atoms with Crippen molar-refractivity contribution in [3.05, 3.63) is 35.6 Å². The van der Waals surface area contributed by atoms with E-state index in [-0.39, 0.29) is 17.2 Å². The Labute approximate surface area is 139 Å². The average molecular weight is 320 g/mol. The maximum Gasteiger partial charge on any atom is 0.306 e. The van der Waals surface area contributed by atoms with Gasteiger partial charge in [0.2, 0.25) is 0 Å². The highest BCUT2D eigenvalue weighted by molar-refractivity contribution is 5.70. The zero-order valence-corrected chi connectivity index (χ0v) is 14.2.